The molecule has 2 rings (SSSR count). The number of benzene rings is 2. The predicted octanol–water partition coefficient (Wildman–Crippen LogP) is 4.73. The third-order valence-electron chi connectivity index (χ3n) is 3.16. The molecule has 0 saturated heterocycles. The molecule has 2 aromatic rings. The number of halogens is 1. The predicted molar refractivity (Wildman–Crippen MR) is 106 cm³/mol. The molecule has 0 amide bonds. The smallest absolute Gasteiger partial charge is 0.171 e. The molecule has 0 radical (unpaired) electrons. The maximum absolute atomic E-state index is 5.64. The van der Waals surface area contributed by atoms with E-state index in [4.69, 9.17) is 21.7 Å². The molecule has 0 atom stereocenters. The second kappa shape index (κ2) is 9.49. The minimum Gasteiger partial charge on any atom is -0.490 e. The van der Waals surface area contributed by atoms with Crippen molar-refractivity contribution in [2.24, 2.45) is 0 Å². The highest BCUT2D eigenvalue weighted by molar-refractivity contribution is 9.10. The average molecular weight is 409 g/mol. The van der Waals surface area contributed by atoms with Crippen molar-refractivity contribution in [2.75, 3.05) is 18.5 Å². The Morgan fingerprint density at radius 3 is 2.33 bits per heavy atom. The third-order valence-corrected chi connectivity index (χ3v) is 3.94. The van der Waals surface area contributed by atoms with Crippen LogP contribution in [0.25, 0.3) is 0 Å². The average Bonchev–Trinajstić information content (AvgIpc) is 2.57. The molecule has 0 aliphatic carbocycles. The van der Waals surface area contributed by atoms with Gasteiger partial charge in [-0.15, -0.1) is 0 Å². The van der Waals surface area contributed by atoms with Crippen LogP contribution in [0, 0.1) is 0 Å². The van der Waals surface area contributed by atoms with Gasteiger partial charge in [0.2, 0.25) is 0 Å². The molecule has 0 unspecified atom stereocenters. The minimum absolute atomic E-state index is 0.573. The summed E-state index contributed by atoms with van der Waals surface area (Å²) in [4.78, 5) is 0. The first-order valence-corrected chi connectivity index (χ1v) is 9.01. The van der Waals surface area contributed by atoms with Crippen molar-refractivity contribution in [3.05, 3.63) is 52.5 Å². The van der Waals surface area contributed by atoms with Gasteiger partial charge in [0, 0.05) is 16.7 Å². The molecule has 0 aliphatic rings. The number of hydrogen-bond donors (Lipinski definition) is 2. The van der Waals surface area contributed by atoms with Gasteiger partial charge in [-0.3, -0.25) is 0 Å². The number of nitrogens with one attached hydrogen (secondary N) is 2. The van der Waals surface area contributed by atoms with Crippen molar-refractivity contribution in [1.29, 1.82) is 0 Å². The molecule has 0 heterocycles. The molecular weight excluding hydrogens is 388 g/mol. The van der Waals surface area contributed by atoms with Gasteiger partial charge in [-0.1, -0.05) is 22.0 Å². The van der Waals surface area contributed by atoms with Gasteiger partial charge in [0.05, 0.1) is 13.2 Å². The normalized spacial score (nSPS) is 10.1. The summed E-state index contributed by atoms with van der Waals surface area (Å²) in [5, 5.41) is 6.92. The van der Waals surface area contributed by atoms with Crippen molar-refractivity contribution in [2.45, 2.75) is 20.4 Å². The van der Waals surface area contributed by atoms with E-state index >= 15 is 0 Å². The topological polar surface area (TPSA) is 42.5 Å². The first-order valence-electron chi connectivity index (χ1n) is 7.81. The lowest BCUT2D eigenvalue weighted by Crippen LogP contribution is -2.27. The Morgan fingerprint density at radius 1 is 1.00 bits per heavy atom. The zero-order valence-electron chi connectivity index (χ0n) is 13.8. The van der Waals surface area contributed by atoms with E-state index in [0.717, 1.165) is 27.2 Å². The lowest BCUT2D eigenvalue weighted by atomic mass is 10.2. The second-order valence-electron chi connectivity index (χ2n) is 4.96. The van der Waals surface area contributed by atoms with Crippen LogP contribution in [0.5, 0.6) is 11.5 Å². The minimum atomic E-state index is 0.573. The summed E-state index contributed by atoms with van der Waals surface area (Å²) >= 11 is 8.74. The van der Waals surface area contributed by atoms with Gasteiger partial charge < -0.3 is 20.1 Å². The molecular formula is C18H21BrN2O2S. The van der Waals surface area contributed by atoms with Crippen LogP contribution in [0.1, 0.15) is 19.4 Å². The monoisotopic (exact) mass is 408 g/mol. The fraction of sp³-hybridized carbons (Fsp3) is 0.278. The molecule has 4 nitrogen and oxygen atoms in total. The van der Waals surface area contributed by atoms with Crippen molar-refractivity contribution in [3.63, 3.8) is 0 Å². The van der Waals surface area contributed by atoms with Crippen molar-refractivity contribution < 1.29 is 9.47 Å². The highest BCUT2D eigenvalue weighted by atomic mass is 79.9. The molecule has 0 aromatic heterocycles. The summed E-state index contributed by atoms with van der Waals surface area (Å²) in [7, 11) is 0. The van der Waals surface area contributed by atoms with E-state index in [2.05, 4.69) is 26.6 Å². The summed E-state index contributed by atoms with van der Waals surface area (Å²) < 4.78 is 12.2. The SMILES string of the molecule is CCOc1ccc(CNC(=S)Nc2ccc(Br)cc2)cc1OCC. The fourth-order valence-corrected chi connectivity index (χ4v) is 2.55. The van der Waals surface area contributed by atoms with E-state index < -0.39 is 0 Å². The summed E-state index contributed by atoms with van der Waals surface area (Å²) in [6, 6.07) is 13.8. The number of rotatable bonds is 7. The molecule has 2 aromatic carbocycles. The molecule has 0 fully saturated rings. The number of ether oxygens (including phenoxy) is 2. The Balaban J connectivity index is 1.94. The van der Waals surface area contributed by atoms with Crippen molar-refractivity contribution in [3.8, 4) is 11.5 Å². The van der Waals surface area contributed by atoms with Crippen LogP contribution in [0.4, 0.5) is 5.69 Å². The van der Waals surface area contributed by atoms with Gasteiger partial charge in [-0.2, -0.15) is 0 Å². The Bertz CT molecular complexity index is 677. The van der Waals surface area contributed by atoms with E-state index in [0.29, 0.717) is 24.9 Å². The fourth-order valence-electron chi connectivity index (χ4n) is 2.10. The number of thiocarbonyl (C=S) groups is 1. The molecule has 0 aliphatic heterocycles. The van der Waals surface area contributed by atoms with Crippen molar-refractivity contribution in [1.82, 2.24) is 5.32 Å². The molecule has 128 valence electrons. The van der Waals surface area contributed by atoms with Gasteiger partial charge in [-0.05, 0) is 68.0 Å². The maximum atomic E-state index is 5.64. The van der Waals surface area contributed by atoms with Crippen LogP contribution >= 0.6 is 28.1 Å². The lowest BCUT2D eigenvalue weighted by molar-refractivity contribution is 0.287. The Morgan fingerprint density at radius 2 is 1.67 bits per heavy atom. The number of hydrogen-bond acceptors (Lipinski definition) is 3. The van der Waals surface area contributed by atoms with E-state index in [1.807, 2.05) is 56.3 Å². The lowest BCUT2D eigenvalue weighted by Gasteiger charge is -2.14. The van der Waals surface area contributed by atoms with E-state index in [9.17, 15) is 0 Å². The standard InChI is InChI=1S/C18H21BrN2O2S/c1-3-22-16-10-5-13(11-17(16)23-4-2)12-20-18(24)21-15-8-6-14(19)7-9-15/h5-11H,3-4,12H2,1-2H3,(H2,20,21,24). The van der Waals surface area contributed by atoms with Gasteiger partial charge in [0.15, 0.2) is 16.6 Å². The van der Waals surface area contributed by atoms with Gasteiger partial charge in [0.1, 0.15) is 0 Å². The van der Waals surface area contributed by atoms with E-state index in [1.165, 1.54) is 0 Å². The first kappa shape index (κ1) is 18.5. The maximum Gasteiger partial charge on any atom is 0.171 e. The van der Waals surface area contributed by atoms with Gasteiger partial charge >= 0.3 is 0 Å². The second-order valence-corrected chi connectivity index (χ2v) is 6.29. The van der Waals surface area contributed by atoms with Gasteiger partial charge in [0.25, 0.3) is 0 Å². The highest BCUT2D eigenvalue weighted by Crippen LogP contribution is 2.28. The summed E-state index contributed by atoms with van der Waals surface area (Å²) in [5.74, 6) is 1.52. The van der Waals surface area contributed by atoms with Crippen LogP contribution in [-0.2, 0) is 6.54 Å². The van der Waals surface area contributed by atoms with Crippen LogP contribution < -0.4 is 20.1 Å². The van der Waals surface area contributed by atoms with Crippen LogP contribution in [0.15, 0.2) is 46.9 Å². The highest BCUT2D eigenvalue weighted by Gasteiger charge is 2.06. The zero-order valence-corrected chi connectivity index (χ0v) is 16.2. The quantitative estimate of drug-likeness (QED) is 0.647. The Labute approximate surface area is 156 Å². The third kappa shape index (κ3) is 5.69. The van der Waals surface area contributed by atoms with E-state index in [-0.39, 0.29) is 0 Å². The molecule has 0 bridgehead atoms. The van der Waals surface area contributed by atoms with Crippen LogP contribution in [0.2, 0.25) is 0 Å². The van der Waals surface area contributed by atoms with Crippen LogP contribution in [0.3, 0.4) is 0 Å². The molecule has 0 saturated carbocycles. The summed E-state index contributed by atoms with van der Waals surface area (Å²) in [5.41, 5.74) is 2.01. The molecule has 0 spiro atoms. The van der Waals surface area contributed by atoms with Crippen molar-refractivity contribution >= 4 is 38.9 Å². The Hall–Kier alpha value is -1.79. The van der Waals surface area contributed by atoms with E-state index in [1.54, 1.807) is 0 Å². The first-order chi connectivity index (χ1) is 11.6. The zero-order chi connectivity index (χ0) is 17.4. The largest absolute Gasteiger partial charge is 0.490 e. The Kier molecular flexibility index (Phi) is 7.34. The molecule has 6 heteroatoms. The van der Waals surface area contributed by atoms with Crippen LogP contribution in [-0.4, -0.2) is 18.3 Å². The number of anilines is 1. The molecule has 24 heavy (non-hydrogen) atoms. The summed E-state index contributed by atoms with van der Waals surface area (Å²) in [6.45, 7) is 5.73. The molecule has 2 N–H and O–H groups in total. The summed E-state index contributed by atoms with van der Waals surface area (Å²) in [6.07, 6.45) is 0. The van der Waals surface area contributed by atoms with Gasteiger partial charge in [-0.25, -0.2) is 0 Å².